The number of hydrogen-bond donors (Lipinski definition) is 0. The largest absolute Gasteiger partial charge is 0.272 e. The average molecular weight is 350 g/mol. The zero-order valence-corrected chi connectivity index (χ0v) is 14.9. The van der Waals surface area contributed by atoms with Crippen molar-refractivity contribution in [3.8, 4) is 11.8 Å². The molecule has 0 saturated heterocycles. The lowest BCUT2D eigenvalue weighted by Crippen LogP contribution is -2.31. The van der Waals surface area contributed by atoms with E-state index in [1.807, 2.05) is 0 Å². The standard InChI is InChI=1S/C14H22O6S2/c1-7-11-21(15,16)19-13(3,4)9-10-14(5,6)20-22(17,18)12-8-2/h7-8H,1-2,11-12H2,3-6H3. The van der Waals surface area contributed by atoms with E-state index in [9.17, 15) is 16.8 Å². The van der Waals surface area contributed by atoms with Gasteiger partial charge < -0.3 is 0 Å². The van der Waals surface area contributed by atoms with E-state index in [0.29, 0.717) is 0 Å². The van der Waals surface area contributed by atoms with E-state index < -0.39 is 31.4 Å². The van der Waals surface area contributed by atoms with Crippen LogP contribution in [0.4, 0.5) is 0 Å². The summed E-state index contributed by atoms with van der Waals surface area (Å²) in [6.45, 7) is 12.5. The molecule has 8 heteroatoms. The van der Waals surface area contributed by atoms with E-state index in [2.05, 4.69) is 25.0 Å². The Morgan fingerprint density at radius 1 is 0.818 bits per heavy atom. The molecule has 0 aliphatic heterocycles. The van der Waals surface area contributed by atoms with Crippen molar-refractivity contribution < 1.29 is 25.2 Å². The minimum Gasteiger partial charge on any atom is -0.251 e. The van der Waals surface area contributed by atoms with Crippen LogP contribution in [0.1, 0.15) is 27.7 Å². The summed E-state index contributed by atoms with van der Waals surface area (Å²) < 4.78 is 56.2. The van der Waals surface area contributed by atoms with E-state index in [4.69, 9.17) is 8.37 Å². The molecule has 0 heterocycles. The van der Waals surface area contributed by atoms with Crippen LogP contribution in [0.15, 0.2) is 25.3 Å². The Morgan fingerprint density at radius 2 is 1.09 bits per heavy atom. The molecule has 0 aliphatic carbocycles. The number of hydrogen-bond acceptors (Lipinski definition) is 6. The Bertz CT molecular complexity index is 615. The lowest BCUT2D eigenvalue weighted by Gasteiger charge is -2.21. The maximum atomic E-state index is 11.6. The molecule has 126 valence electrons. The van der Waals surface area contributed by atoms with Crippen LogP contribution in [0.3, 0.4) is 0 Å². The van der Waals surface area contributed by atoms with Gasteiger partial charge in [0, 0.05) is 0 Å². The average Bonchev–Trinajstić information content (AvgIpc) is 2.23. The second-order valence-corrected chi connectivity index (χ2v) is 8.69. The molecule has 0 radical (unpaired) electrons. The first kappa shape index (κ1) is 20.9. The second kappa shape index (κ2) is 7.42. The fourth-order valence-electron chi connectivity index (χ4n) is 1.33. The van der Waals surface area contributed by atoms with Gasteiger partial charge in [-0.25, -0.2) is 0 Å². The van der Waals surface area contributed by atoms with Gasteiger partial charge in [0.2, 0.25) is 0 Å². The molecule has 22 heavy (non-hydrogen) atoms. The van der Waals surface area contributed by atoms with E-state index in [1.165, 1.54) is 39.8 Å². The zero-order valence-electron chi connectivity index (χ0n) is 13.2. The van der Waals surface area contributed by atoms with Gasteiger partial charge in [-0.2, -0.15) is 16.8 Å². The smallest absolute Gasteiger partial charge is 0.251 e. The molecule has 0 rings (SSSR count). The first-order valence-electron chi connectivity index (χ1n) is 6.37. The van der Waals surface area contributed by atoms with Crippen molar-refractivity contribution in [2.45, 2.75) is 38.9 Å². The van der Waals surface area contributed by atoms with E-state index in [0.717, 1.165) is 0 Å². The Morgan fingerprint density at radius 3 is 1.32 bits per heavy atom. The Kier molecular flexibility index (Phi) is 7.03. The predicted molar refractivity (Wildman–Crippen MR) is 86.1 cm³/mol. The topological polar surface area (TPSA) is 86.7 Å². The van der Waals surface area contributed by atoms with Gasteiger partial charge in [-0.15, -0.1) is 13.2 Å². The third-order valence-corrected chi connectivity index (χ3v) is 4.61. The minimum atomic E-state index is -3.79. The summed E-state index contributed by atoms with van der Waals surface area (Å²) >= 11 is 0. The SMILES string of the molecule is C=CCS(=O)(=O)OC(C)(C)C#CC(C)(C)OS(=O)(=O)CC=C. The Balaban J connectivity index is 5.18. The van der Waals surface area contributed by atoms with Gasteiger partial charge in [-0.05, 0) is 27.7 Å². The molecule has 0 aliphatic rings. The molecular weight excluding hydrogens is 328 g/mol. The fraction of sp³-hybridized carbons (Fsp3) is 0.571. The van der Waals surface area contributed by atoms with Gasteiger partial charge in [0.25, 0.3) is 20.2 Å². The lowest BCUT2D eigenvalue weighted by atomic mass is 10.1. The molecule has 0 fully saturated rings. The molecule has 0 spiro atoms. The molecule has 0 bridgehead atoms. The summed E-state index contributed by atoms with van der Waals surface area (Å²) in [5.74, 6) is 4.47. The van der Waals surface area contributed by atoms with Crippen molar-refractivity contribution in [3.05, 3.63) is 25.3 Å². The Labute approximate surface area is 133 Å². The quantitative estimate of drug-likeness (QED) is 0.375. The van der Waals surface area contributed by atoms with Crippen molar-refractivity contribution >= 4 is 20.2 Å². The molecule has 0 saturated carbocycles. The van der Waals surface area contributed by atoms with Gasteiger partial charge in [-0.3, -0.25) is 8.37 Å². The van der Waals surface area contributed by atoms with Crippen molar-refractivity contribution in [3.63, 3.8) is 0 Å². The van der Waals surface area contributed by atoms with E-state index in [-0.39, 0.29) is 11.5 Å². The van der Waals surface area contributed by atoms with Crippen LogP contribution in [0, 0.1) is 11.8 Å². The van der Waals surface area contributed by atoms with Crippen LogP contribution in [-0.4, -0.2) is 39.5 Å². The summed E-state index contributed by atoms with van der Waals surface area (Å²) in [5.41, 5.74) is -2.66. The normalized spacial score (nSPS) is 13.1. The molecule has 0 amide bonds. The highest BCUT2D eigenvalue weighted by Gasteiger charge is 2.27. The maximum Gasteiger partial charge on any atom is 0.272 e. The minimum absolute atomic E-state index is 0.342. The molecule has 0 aromatic carbocycles. The predicted octanol–water partition coefficient (Wildman–Crippen LogP) is 1.61. The maximum absolute atomic E-state index is 11.6. The monoisotopic (exact) mass is 350 g/mol. The molecule has 0 unspecified atom stereocenters. The van der Waals surface area contributed by atoms with Gasteiger partial charge >= 0.3 is 0 Å². The van der Waals surface area contributed by atoms with Gasteiger partial charge in [0.05, 0.1) is 11.5 Å². The highest BCUT2D eigenvalue weighted by atomic mass is 32.2. The summed E-state index contributed by atoms with van der Waals surface area (Å²) in [7, 11) is -7.59. The summed E-state index contributed by atoms with van der Waals surface area (Å²) in [6, 6.07) is 0. The van der Waals surface area contributed by atoms with Crippen LogP contribution < -0.4 is 0 Å². The Hall–Kier alpha value is -1.14. The zero-order chi connectivity index (χ0) is 17.7. The van der Waals surface area contributed by atoms with Crippen LogP contribution in [0.2, 0.25) is 0 Å². The number of rotatable bonds is 8. The van der Waals surface area contributed by atoms with Gasteiger partial charge in [0.15, 0.2) is 0 Å². The van der Waals surface area contributed by atoms with Crippen molar-refractivity contribution in [1.82, 2.24) is 0 Å². The van der Waals surface area contributed by atoms with Crippen LogP contribution in [-0.2, 0) is 28.6 Å². The summed E-state index contributed by atoms with van der Waals surface area (Å²) in [6.07, 6.45) is 2.40. The van der Waals surface area contributed by atoms with Gasteiger partial charge in [0.1, 0.15) is 11.2 Å². The van der Waals surface area contributed by atoms with E-state index in [1.54, 1.807) is 0 Å². The highest BCUT2D eigenvalue weighted by Crippen LogP contribution is 2.16. The summed E-state index contributed by atoms with van der Waals surface area (Å²) in [5, 5.41) is 0. The fourth-order valence-corrected chi connectivity index (χ4v) is 3.40. The van der Waals surface area contributed by atoms with Crippen LogP contribution in [0.5, 0.6) is 0 Å². The third-order valence-electron chi connectivity index (χ3n) is 1.98. The first-order valence-corrected chi connectivity index (χ1v) is 9.52. The molecule has 0 aromatic heterocycles. The molecule has 6 nitrogen and oxygen atoms in total. The van der Waals surface area contributed by atoms with Crippen molar-refractivity contribution in [2.24, 2.45) is 0 Å². The molecule has 0 N–H and O–H groups in total. The van der Waals surface area contributed by atoms with Crippen molar-refractivity contribution in [1.29, 1.82) is 0 Å². The van der Waals surface area contributed by atoms with Gasteiger partial charge in [-0.1, -0.05) is 24.0 Å². The molecular formula is C14H22O6S2. The first-order chi connectivity index (χ1) is 9.74. The van der Waals surface area contributed by atoms with Crippen molar-refractivity contribution in [2.75, 3.05) is 11.5 Å². The highest BCUT2D eigenvalue weighted by molar-refractivity contribution is 7.87. The van der Waals surface area contributed by atoms with Crippen LogP contribution in [0.25, 0.3) is 0 Å². The third kappa shape index (κ3) is 9.00. The lowest BCUT2D eigenvalue weighted by molar-refractivity contribution is 0.169. The van der Waals surface area contributed by atoms with Crippen LogP contribution >= 0.6 is 0 Å². The molecule has 0 aromatic rings. The summed E-state index contributed by atoms with van der Waals surface area (Å²) in [4.78, 5) is 0. The second-order valence-electron chi connectivity index (χ2n) is 5.46. The molecule has 0 atom stereocenters. The van der Waals surface area contributed by atoms with E-state index >= 15 is 0 Å².